The first-order valence-corrected chi connectivity index (χ1v) is 15.6. The van der Waals surface area contributed by atoms with Crippen LogP contribution in [0.3, 0.4) is 0 Å². The van der Waals surface area contributed by atoms with Gasteiger partial charge in [-0.2, -0.15) is 4.90 Å². The molecule has 48 heavy (non-hydrogen) atoms. The molecule has 0 bridgehead atoms. The van der Waals surface area contributed by atoms with Gasteiger partial charge in [0, 0.05) is 12.5 Å². The average molecular weight is 665 g/mol. The van der Waals surface area contributed by atoms with Crippen molar-refractivity contribution in [2.45, 2.75) is 98.0 Å². The molecular formula is C34H44N6O8. The van der Waals surface area contributed by atoms with Crippen LogP contribution in [0.5, 0.6) is 0 Å². The highest BCUT2D eigenvalue weighted by molar-refractivity contribution is 6.10. The van der Waals surface area contributed by atoms with Crippen molar-refractivity contribution in [3.63, 3.8) is 0 Å². The minimum atomic E-state index is -1.03. The van der Waals surface area contributed by atoms with Gasteiger partial charge in [0.1, 0.15) is 22.5 Å². The molecule has 14 nitrogen and oxygen atoms in total. The summed E-state index contributed by atoms with van der Waals surface area (Å²) in [6, 6.07) is 7.55. The van der Waals surface area contributed by atoms with Gasteiger partial charge in [-0.15, -0.1) is 0 Å². The molecule has 1 aliphatic carbocycles. The maximum atomic E-state index is 13.5. The molecule has 1 aromatic carbocycles. The van der Waals surface area contributed by atoms with Gasteiger partial charge in [-0.1, -0.05) is 24.3 Å². The highest BCUT2D eigenvalue weighted by atomic mass is 16.6. The number of aromatic nitrogens is 4. The third-order valence-corrected chi connectivity index (χ3v) is 6.71. The van der Waals surface area contributed by atoms with Crippen molar-refractivity contribution in [3.05, 3.63) is 47.9 Å². The van der Waals surface area contributed by atoms with Crippen LogP contribution in [0, 0.1) is 5.92 Å². The van der Waals surface area contributed by atoms with E-state index >= 15 is 0 Å². The summed E-state index contributed by atoms with van der Waals surface area (Å²) in [6.45, 7) is 15.9. The lowest BCUT2D eigenvalue weighted by Gasteiger charge is -2.28. The van der Waals surface area contributed by atoms with Gasteiger partial charge in [0.05, 0.1) is 36.2 Å². The number of aromatic amines is 1. The molecule has 1 fully saturated rings. The summed E-state index contributed by atoms with van der Waals surface area (Å²) in [5.74, 6) is -2.29. The van der Waals surface area contributed by atoms with Crippen LogP contribution in [0.1, 0.15) is 85.9 Å². The Morgan fingerprint density at radius 2 is 1.46 bits per heavy atom. The lowest BCUT2D eigenvalue weighted by molar-refractivity contribution is -0.153. The quantitative estimate of drug-likeness (QED) is 0.184. The number of carbonyl (C=O) groups excluding carboxylic acids is 3. The Morgan fingerprint density at radius 1 is 0.875 bits per heavy atom. The topological polar surface area (TPSA) is 186 Å². The molecule has 258 valence electrons. The average Bonchev–Trinajstić information content (AvgIpc) is 3.60. The van der Waals surface area contributed by atoms with E-state index in [9.17, 15) is 24.3 Å². The fourth-order valence-corrected chi connectivity index (χ4v) is 4.63. The number of aliphatic carboxylic acids is 1. The first-order valence-electron chi connectivity index (χ1n) is 15.6. The van der Waals surface area contributed by atoms with Crippen molar-refractivity contribution in [3.8, 4) is 22.8 Å². The Labute approximate surface area is 279 Å². The number of anilines is 1. The molecule has 1 saturated carbocycles. The van der Waals surface area contributed by atoms with Crippen molar-refractivity contribution in [1.82, 2.24) is 25.3 Å². The number of nitrogens with one attached hydrogen (secondary N) is 2. The van der Waals surface area contributed by atoms with E-state index in [0.29, 0.717) is 29.3 Å². The fourth-order valence-electron chi connectivity index (χ4n) is 4.63. The first kappa shape index (κ1) is 36.0. The number of carboxylic acid groups (broad SMARTS) is 1. The summed E-state index contributed by atoms with van der Waals surface area (Å²) >= 11 is 0. The number of benzene rings is 1. The van der Waals surface area contributed by atoms with E-state index in [0.717, 1.165) is 11.1 Å². The molecule has 2 unspecified atom stereocenters. The Morgan fingerprint density at radius 3 is 1.98 bits per heavy atom. The van der Waals surface area contributed by atoms with Crippen molar-refractivity contribution >= 4 is 29.9 Å². The SMILES string of the molecule is CC(C)(C)OC(=O)CNCc1ccc(-c2cnc(-c3nc(C4CC4C(=O)O)cnc3N(C(=O)OC(C)(C)C)C(=O)OC(C)(C)C)[nH]2)cc1. The van der Waals surface area contributed by atoms with E-state index in [2.05, 4.69) is 25.3 Å². The number of esters is 1. The number of ether oxygens (including phenoxy) is 3. The van der Waals surface area contributed by atoms with Gasteiger partial charge in [-0.05, 0) is 79.9 Å². The normalized spacial score (nSPS) is 16.2. The zero-order valence-electron chi connectivity index (χ0n) is 28.8. The number of nitrogens with zero attached hydrogens (tertiary/aromatic N) is 4. The highest BCUT2D eigenvalue weighted by Crippen LogP contribution is 2.47. The van der Waals surface area contributed by atoms with E-state index in [-0.39, 0.29) is 35.8 Å². The predicted octanol–water partition coefficient (Wildman–Crippen LogP) is 5.83. The predicted molar refractivity (Wildman–Crippen MR) is 176 cm³/mol. The molecule has 2 amide bonds. The van der Waals surface area contributed by atoms with Gasteiger partial charge in [0.2, 0.25) is 0 Å². The van der Waals surface area contributed by atoms with E-state index in [4.69, 9.17) is 14.2 Å². The number of amides is 2. The van der Waals surface area contributed by atoms with Gasteiger partial charge >= 0.3 is 24.1 Å². The van der Waals surface area contributed by atoms with Crippen LogP contribution in [-0.2, 0) is 30.3 Å². The second-order valence-electron chi connectivity index (χ2n) is 14.6. The fraction of sp³-hybridized carbons (Fsp3) is 0.500. The second kappa shape index (κ2) is 13.7. The van der Waals surface area contributed by atoms with E-state index in [1.807, 2.05) is 45.0 Å². The molecule has 4 rings (SSSR count). The number of imidazole rings is 1. The van der Waals surface area contributed by atoms with Gasteiger partial charge in [0.25, 0.3) is 0 Å². The molecule has 2 aromatic heterocycles. The van der Waals surface area contributed by atoms with Crippen LogP contribution >= 0.6 is 0 Å². The van der Waals surface area contributed by atoms with Crippen LogP contribution in [0.2, 0.25) is 0 Å². The molecular weight excluding hydrogens is 620 g/mol. The second-order valence-corrected chi connectivity index (χ2v) is 14.6. The lowest BCUT2D eigenvalue weighted by Crippen LogP contribution is -2.44. The number of imide groups is 1. The van der Waals surface area contributed by atoms with Gasteiger partial charge in [-0.25, -0.2) is 24.5 Å². The van der Waals surface area contributed by atoms with Crippen molar-refractivity contribution in [2.24, 2.45) is 5.92 Å². The number of carboxylic acids is 1. The molecule has 0 aliphatic heterocycles. The summed E-state index contributed by atoms with van der Waals surface area (Å²) < 4.78 is 16.4. The van der Waals surface area contributed by atoms with E-state index < -0.39 is 40.9 Å². The zero-order chi connectivity index (χ0) is 35.6. The Kier molecular flexibility index (Phi) is 10.3. The van der Waals surface area contributed by atoms with Crippen molar-refractivity contribution in [2.75, 3.05) is 11.4 Å². The van der Waals surface area contributed by atoms with E-state index in [1.54, 1.807) is 47.7 Å². The van der Waals surface area contributed by atoms with Crippen LogP contribution in [0.25, 0.3) is 22.8 Å². The van der Waals surface area contributed by atoms with Gasteiger partial charge in [-0.3, -0.25) is 9.59 Å². The van der Waals surface area contributed by atoms with Crippen molar-refractivity contribution < 1.29 is 38.5 Å². The largest absolute Gasteiger partial charge is 0.481 e. The molecule has 0 spiro atoms. The van der Waals surface area contributed by atoms with Gasteiger partial charge in [0.15, 0.2) is 11.6 Å². The smallest absolute Gasteiger partial charge is 0.425 e. The Hall–Kier alpha value is -4.85. The third kappa shape index (κ3) is 9.83. The number of hydrogen-bond acceptors (Lipinski definition) is 11. The zero-order valence-corrected chi connectivity index (χ0v) is 28.8. The minimum absolute atomic E-state index is 0.0365. The third-order valence-electron chi connectivity index (χ3n) is 6.71. The van der Waals surface area contributed by atoms with Gasteiger partial charge < -0.3 is 29.6 Å². The summed E-state index contributed by atoms with van der Waals surface area (Å²) in [4.78, 5) is 68.0. The summed E-state index contributed by atoms with van der Waals surface area (Å²) in [7, 11) is 0. The molecule has 0 saturated heterocycles. The molecule has 1 aliphatic rings. The lowest BCUT2D eigenvalue weighted by atomic mass is 10.1. The number of carbonyl (C=O) groups is 4. The molecule has 14 heteroatoms. The maximum absolute atomic E-state index is 13.5. The monoisotopic (exact) mass is 664 g/mol. The number of hydrogen-bond donors (Lipinski definition) is 3. The molecule has 2 atom stereocenters. The minimum Gasteiger partial charge on any atom is -0.481 e. The standard InChI is InChI=1S/C34H44N6O8/c1-32(2,3)46-25(41)18-35-15-19-10-12-20(13-11-19)23-16-36-27(39-23)26-28(37-17-24(38-26)21-14-22(21)29(42)43)40(30(44)47-33(4,5)6)31(45)48-34(7,8)9/h10-13,16-17,21-22,35H,14-15,18H2,1-9H3,(H,36,39)(H,42,43). The molecule has 2 heterocycles. The molecule has 3 N–H and O–H groups in total. The first-order chi connectivity index (χ1) is 22.2. The van der Waals surface area contributed by atoms with Crippen molar-refractivity contribution in [1.29, 1.82) is 0 Å². The van der Waals surface area contributed by atoms with E-state index in [1.165, 1.54) is 6.20 Å². The highest BCUT2D eigenvalue weighted by Gasteiger charge is 2.46. The summed E-state index contributed by atoms with van der Waals surface area (Å²) in [6.07, 6.45) is 1.25. The maximum Gasteiger partial charge on any atom is 0.425 e. The van der Waals surface area contributed by atoms with Crippen LogP contribution in [0.4, 0.5) is 15.4 Å². The Balaban J connectivity index is 1.66. The number of rotatable bonds is 9. The van der Waals surface area contributed by atoms with Crippen LogP contribution in [-0.4, -0.2) is 72.5 Å². The Bertz CT molecular complexity index is 1640. The number of H-pyrrole nitrogens is 1. The van der Waals surface area contributed by atoms with Crippen LogP contribution in [0.15, 0.2) is 36.7 Å². The molecule has 3 aromatic rings. The summed E-state index contributed by atoms with van der Waals surface area (Å²) in [5, 5.41) is 12.6. The summed E-state index contributed by atoms with van der Waals surface area (Å²) in [5.41, 5.74) is 0.272. The van der Waals surface area contributed by atoms with Crippen LogP contribution < -0.4 is 10.2 Å². The molecule has 0 radical (unpaired) electrons.